The van der Waals surface area contributed by atoms with E-state index in [1.165, 1.54) is 11.3 Å². The number of nitrogens with zero attached hydrogens (tertiary/aromatic N) is 4. The second kappa shape index (κ2) is 9.56. The molecule has 1 aromatic carbocycles. The van der Waals surface area contributed by atoms with E-state index in [9.17, 15) is 9.59 Å². The Kier molecular flexibility index (Phi) is 6.48. The average Bonchev–Trinajstić information content (AvgIpc) is 3.56. The number of amides is 2. The number of aromatic nitrogens is 4. The predicted octanol–water partition coefficient (Wildman–Crippen LogP) is 4.78. The quantitative estimate of drug-likeness (QED) is 0.387. The molecule has 0 bridgehead atoms. The van der Waals surface area contributed by atoms with Gasteiger partial charge in [0.2, 0.25) is 5.91 Å². The number of fused-ring (bicyclic) bond motifs is 1. The third-order valence-corrected chi connectivity index (χ3v) is 7.78. The molecule has 8 nitrogen and oxygen atoms in total. The highest BCUT2D eigenvalue weighted by Gasteiger charge is 2.33. The van der Waals surface area contributed by atoms with Gasteiger partial charge in [-0.15, -0.1) is 11.3 Å². The maximum absolute atomic E-state index is 13.3. The zero-order valence-corrected chi connectivity index (χ0v) is 21.4. The molecule has 1 aliphatic heterocycles. The number of carbonyl (C=O) groups excluding carboxylic acids is 2. The summed E-state index contributed by atoms with van der Waals surface area (Å²) in [5, 5.41) is 4.05. The van der Waals surface area contributed by atoms with E-state index >= 15 is 0 Å². The first-order valence-electron chi connectivity index (χ1n) is 11.1. The van der Waals surface area contributed by atoms with Crippen molar-refractivity contribution in [2.75, 3.05) is 13.1 Å². The molecule has 1 saturated heterocycles. The molecule has 35 heavy (non-hydrogen) atoms. The van der Waals surface area contributed by atoms with Crippen LogP contribution in [-0.4, -0.2) is 49.7 Å². The predicted molar refractivity (Wildman–Crippen MR) is 137 cm³/mol. The number of H-pyrrole nitrogens is 1. The highest BCUT2D eigenvalue weighted by molar-refractivity contribution is 7.15. The third-order valence-electron chi connectivity index (χ3n) is 6.27. The highest BCUT2D eigenvalue weighted by Crippen LogP contribution is 2.34. The van der Waals surface area contributed by atoms with Crippen LogP contribution in [0.25, 0.3) is 22.0 Å². The van der Waals surface area contributed by atoms with Crippen molar-refractivity contribution in [3.05, 3.63) is 62.2 Å². The Balaban J connectivity index is 1.31. The van der Waals surface area contributed by atoms with Gasteiger partial charge in [0, 0.05) is 52.0 Å². The molecule has 180 valence electrons. The van der Waals surface area contributed by atoms with E-state index in [2.05, 4.69) is 25.3 Å². The molecule has 5 rings (SSSR count). The lowest BCUT2D eigenvalue weighted by atomic mass is 10.0. The van der Waals surface area contributed by atoms with Crippen molar-refractivity contribution in [1.82, 2.24) is 30.2 Å². The Hall–Kier alpha value is -3.01. The third kappa shape index (κ3) is 4.63. The number of aryl methyl sites for hydroxylation is 2. The number of benzene rings is 1. The minimum absolute atomic E-state index is 0.0898. The molecule has 4 heterocycles. The molecule has 1 fully saturated rings. The second-order valence-corrected chi connectivity index (χ2v) is 10.6. The second-order valence-electron chi connectivity index (χ2n) is 8.53. The number of hydrogen-bond donors (Lipinski definition) is 2. The molecule has 1 aliphatic rings. The van der Waals surface area contributed by atoms with Gasteiger partial charge >= 0.3 is 0 Å². The number of likely N-dealkylation sites (tertiary alicyclic amines) is 1. The van der Waals surface area contributed by atoms with Crippen molar-refractivity contribution < 1.29 is 9.59 Å². The summed E-state index contributed by atoms with van der Waals surface area (Å²) in [5.74, 6) is -0.582. The van der Waals surface area contributed by atoms with Crippen molar-refractivity contribution in [3.63, 3.8) is 0 Å². The monoisotopic (exact) mass is 528 g/mol. The van der Waals surface area contributed by atoms with Gasteiger partial charge in [0.05, 0.1) is 17.5 Å². The zero-order valence-electron chi connectivity index (χ0n) is 19.1. The molecule has 0 spiro atoms. The maximum Gasteiger partial charge on any atom is 0.271 e. The Bertz CT molecular complexity index is 1430. The largest absolute Gasteiger partial charge is 0.351 e. The van der Waals surface area contributed by atoms with Gasteiger partial charge in [-0.05, 0) is 31.9 Å². The maximum atomic E-state index is 13.3. The van der Waals surface area contributed by atoms with Gasteiger partial charge in [-0.1, -0.05) is 35.3 Å². The van der Waals surface area contributed by atoms with Gasteiger partial charge in [-0.25, -0.2) is 15.0 Å². The number of aromatic amines is 1. The fourth-order valence-corrected chi connectivity index (χ4v) is 5.69. The molecular weight excluding hydrogens is 507 g/mol. The number of nitrogens with one attached hydrogen (secondary N) is 2. The SMILES string of the molecule is Cc1ncnc(C)c1-c1ccc2c(Cl)c(C(=O)N3CC[C@H](C(=O)NCc4cnc(Cl)s4)C3)[nH]c2c1. The van der Waals surface area contributed by atoms with Crippen LogP contribution in [-0.2, 0) is 11.3 Å². The first-order chi connectivity index (χ1) is 16.8. The molecule has 2 amide bonds. The van der Waals surface area contributed by atoms with Crippen LogP contribution in [0.5, 0.6) is 0 Å². The lowest BCUT2D eigenvalue weighted by Crippen LogP contribution is -2.34. The van der Waals surface area contributed by atoms with Crippen molar-refractivity contribution in [2.45, 2.75) is 26.8 Å². The number of halogens is 2. The molecule has 4 aromatic rings. The van der Waals surface area contributed by atoms with Crippen LogP contribution in [0, 0.1) is 19.8 Å². The molecule has 2 N–H and O–H groups in total. The summed E-state index contributed by atoms with van der Waals surface area (Å²) in [4.78, 5) is 44.2. The van der Waals surface area contributed by atoms with E-state index < -0.39 is 0 Å². The minimum Gasteiger partial charge on any atom is -0.351 e. The summed E-state index contributed by atoms with van der Waals surface area (Å²) in [6.45, 7) is 5.08. The minimum atomic E-state index is -0.277. The molecule has 3 aromatic heterocycles. The number of hydrogen-bond acceptors (Lipinski definition) is 6. The molecular formula is C24H22Cl2N6O2S. The zero-order chi connectivity index (χ0) is 24.7. The molecule has 0 radical (unpaired) electrons. The van der Waals surface area contributed by atoms with Crippen molar-refractivity contribution in [2.24, 2.45) is 5.92 Å². The Labute approximate surface area is 215 Å². The van der Waals surface area contributed by atoms with Gasteiger partial charge in [-0.3, -0.25) is 9.59 Å². The number of rotatable bonds is 5. The van der Waals surface area contributed by atoms with E-state index in [0.717, 1.165) is 38.3 Å². The number of thiazole rings is 1. The van der Waals surface area contributed by atoms with Crippen LogP contribution in [0.3, 0.4) is 0 Å². The van der Waals surface area contributed by atoms with E-state index in [1.807, 2.05) is 32.0 Å². The Morgan fingerprint density at radius 2 is 1.97 bits per heavy atom. The fourth-order valence-electron chi connectivity index (χ4n) is 4.48. The van der Waals surface area contributed by atoms with Crippen molar-refractivity contribution in [1.29, 1.82) is 0 Å². The van der Waals surface area contributed by atoms with Gasteiger partial charge in [0.25, 0.3) is 5.91 Å². The topological polar surface area (TPSA) is 104 Å². The van der Waals surface area contributed by atoms with E-state index in [4.69, 9.17) is 23.2 Å². The van der Waals surface area contributed by atoms with Crippen LogP contribution in [0.2, 0.25) is 9.49 Å². The lowest BCUT2D eigenvalue weighted by molar-refractivity contribution is -0.124. The normalized spacial score (nSPS) is 15.7. The van der Waals surface area contributed by atoms with Gasteiger partial charge in [0.1, 0.15) is 12.0 Å². The van der Waals surface area contributed by atoms with E-state index in [0.29, 0.717) is 41.2 Å². The average molecular weight is 529 g/mol. The van der Waals surface area contributed by atoms with Gasteiger partial charge in [-0.2, -0.15) is 0 Å². The smallest absolute Gasteiger partial charge is 0.271 e. The first kappa shape index (κ1) is 23.7. The molecule has 1 atom stereocenters. The van der Waals surface area contributed by atoms with Crippen molar-refractivity contribution in [3.8, 4) is 11.1 Å². The van der Waals surface area contributed by atoms with Gasteiger partial charge in [0.15, 0.2) is 4.47 Å². The summed E-state index contributed by atoms with van der Waals surface area (Å²) < 4.78 is 0.441. The molecule has 0 aliphatic carbocycles. The van der Waals surface area contributed by atoms with E-state index in [-0.39, 0.29) is 17.7 Å². The van der Waals surface area contributed by atoms with E-state index in [1.54, 1.807) is 17.4 Å². The molecule has 0 unspecified atom stereocenters. The first-order valence-corrected chi connectivity index (χ1v) is 12.7. The summed E-state index contributed by atoms with van der Waals surface area (Å²) >= 11 is 13.8. The standard InChI is InChI=1S/C24H22Cl2N6O2S/c1-12-19(13(2)30-11-29-12)14-3-4-17-18(7-14)31-21(20(17)25)23(34)32-6-5-15(10-32)22(33)27-8-16-9-28-24(26)35-16/h3-4,7,9,11,15,31H,5-6,8,10H2,1-2H3,(H,27,33)/t15-/m0/s1. The summed E-state index contributed by atoms with van der Waals surface area (Å²) in [6.07, 6.45) is 3.79. The lowest BCUT2D eigenvalue weighted by Gasteiger charge is -2.16. The summed E-state index contributed by atoms with van der Waals surface area (Å²) in [6, 6.07) is 5.82. The summed E-state index contributed by atoms with van der Waals surface area (Å²) in [7, 11) is 0. The highest BCUT2D eigenvalue weighted by atomic mass is 35.5. The van der Waals surface area contributed by atoms with Crippen molar-refractivity contribution >= 4 is 57.3 Å². The summed E-state index contributed by atoms with van der Waals surface area (Å²) in [5.41, 5.74) is 4.76. The van der Waals surface area contributed by atoms with Crippen LogP contribution in [0.4, 0.5) is 0 Å². The number of carbonyl (C=O) groups is 2. The molecule has 11 heteroatoms. The van der Waals surface area contributed by atoms with Crippen LogP contribution < -0.4 is 5.32 Å². The van der Waals surface area contributed by atoms with Crippen LogP contribution in [0.1, 0.15) is 33.2 Å². The van der Waals surface area contributed by atoms with Crippen LogP contribution in [0.15, 0.2) is 30.7 Å². The molecule has 0 saturated carbocycles. The Morgan fingerprint density at radius 3 is 2.69 bits per heavy atom. The fraction of sp³-hybridized carbons (Fsp3) is 0.292. The Morgan fingerprint density at radius 1 is 1.20 bits per heavy atom. The van der Waals surface area contributed by atoms with Gasteiger partial charge < -0.3 is 15.2 Å². The van der Waals surface area contributed by atoms with Crippen LogP contribution >= 0.6 is 34.5 Å².